The van der Waals surface area contributed by atoms with E-state index in [4.69, 9.17) is 10.1 Å². The lowest BCUT2D eigenvalue weighted by Crippen LogP contribution is -2.17. The Morgan fingerprint density at radius 2 is 2.20 bits per heavy atom. The Balaban J connectivity index is 1.74. The molecule has 0 saturated heterocycles. The number of hydrogen-bond acceptors (Lipinski definition) is 7. The summed E-state index contributed by atoms with van der Waals surface area (Å²) < 4.78 is 5.97. The molecule has 0 aliphatic heterocycles. The molecule has 0 saturated carbocycles. The normalized spacial score (nSPS) is 12.6. The lowest BCUT2D eigenvalue weighted by molar-refractivity contribution is 0.747. The smallest absolute Gasteiger partial charge is 0.127 e. The van der Waals surface area contributed by atoms with Crippen LogP contribution < -0.4 is 11.1 Å². The van der Waals surface area contributed by atoms with Crippen LogP contribution in [0.5, 0.6) is 0 Å². The summed E-state index contributed by atoms with van der Waals surface area (Å²) in [5.74, 6) is 0. The van der Waals surface area contributed by atoms with Crippen molar-refractivity contribution in [2.75, 3.05) is 5.32 Å². The Bertz CT molecular complexity index is 955. The summed E-state index contributed by atoms with van der Waals surface area (Å²) in [6, 6.07) is 8.40. The third kappa shape index (κ3) is 3.46. The van der Waals surface area contributed by atoms with Crippen LogP contribution in [0.15, 0.2) is 42.0 Å². The van der Waals surface area contributed by atoms with E-state index < -0.39 is 0 Å². The van der Waals surface area contributed by atoms with E-state index in [1.807, 2.05) is 19.2 Å². The molecule has 1 atom stereocenters. The molecule has 25 heavy (non-hydrogen) atoms. The van der Waals surface area contributed by atoms with Crippen LogP contribution in [0, 0.1) is 0 Å². The average molecular weight is 387 g/mol. The summed E-state index contributed by atoms with van der Waals surface area (Å²) in [5, 5.41) is 6.78. The summed E-state index contributed by atoms with van der Waals surface area (Å²) in [7, 11) is 0. The van der Waals surface area contributed by atoms with Crippen LogP contribution in [-0.4, -0.2) is 15.4 Å². The predicted molar refractivity (Wildman–Crippen MR) is 110 cm³/mol. The number of pyridine rings is 1. The van der Waals surface area contributed by atoms with Gasteiger partial charge in [-0.15, -0.1) is 22.7 Å². The Hall–Kier alpha value is -1.80. The molecular formula is C18H18N4S3. The molecule has 0 aliphatic rings. The molecule has 3 N–H and O–H groups in total. The van der Waals surface area contributed by atoms with Crippen molar-refractivity contribution in [3.8, 4) is 11.1 Å². The molecule has 0 fully saturated rings. The highest BCUT2D eigenvalue weighted by Crippen LogP contribution is 2.44. The second kappa shape index (κ2) is 7.21. The van der Waals surface area contributed by atoms with E-state index >= 15 is 0 Å². The minimum absolute atomic E-state index is 0.115. The summed E-state index contributed by atoms with van der Waals surface area (Å²) in [5.41, 5.74) is 9.44. The number of thiophene rings is 2. The van der Waals surface area contributed by atoms with Crippen molar-refractivity contribution in [3.63, 3.8) is 0 Å². The van der Waals surface area contributed by atoms with Crippen LogP contribution in [0.25, 0.3) is 21.3 Å². The van der Waals surface area contributed by atoms with Crippen LogP contribution >= 0.6 is 34.2 Å². The lowest BCUT2D eigenvalue weighted by atomic mass is 10.0. The molecule has 0 bridgehead atoms. The van der Waals surface area contributed by atoms with Gasteiger partial charge in [-0.1, -0.05) is 12.1 Å². The topological polar surface area (TPSA) is 63.8 Å². The average Bonchev–Trinajstić information content (AvgIpc) is 3.30. The Kier molecular flexibility index (Phi) is 4.80. The molecule has 0 amide bonds. The number of anilines is 1. The standard InChI is InChI=1S/C18H18N4S3/c1-11(19)8-14-15(12-4-2-6-20-9-12)16-17(24-14)18(25-22-16)21-10-13-5-3-7-23-13/h2-7,9,11,21H,8,10,19H2,1H3/t11-/m0/s1. The molecule has 0 spiro atoms. The Morgan fingerprint density at radius 3 is 2.92 bits per heavy atom. The molecule has 4 aromatic heterocycles. The van der Waals surface area contributed by atoms with Gasteiger partial charge in [0.2, 0.25) is 0 Å². The maximum absolute atomic E-state index is 6.08. The van der Waals surface area contributed by atoms with Gasteiger partial charge in [-0.3, -0.25) is 4.98 Å². The van der Waals surface area contributed by atoms with Crippen LogP contribution in [-0.2, 0) is 13.0 Å². The fourth-order valence-corrected chi connectivity index (χ4v) is 5.72. The third-order valence-corrected chi connectivity index (χ3v) is 6.88. The van der Waals surface area contributed by atoms with Gasteiger partial charge in [0, 0.05) is 39.3 Å². The van der Waals surface area contributed by atoms with Crippen molar-refractivity contribution < 1.29 is 0 Å². The number of aromatic nitrogens is 2. The van der Waals surface area contributed by atoms with Crippen molar-refractivity contribution in [2.24, 2.45) is 5.73 Å². The minimum Gasteiger partial charge on any atom is -0.370 e. The summed E-state index contributed by atoms with van der Waals surface area (Å²) in [6.45, 7) is 2.88. The first-order chi connectivity index (χ1) is 12.2. The summed E-state index contributed by atoms with van der Waals surface area (Å²) >= 11 is 5.09. The first kappa shape index (κ1) is 16.7. The molecule has 4 nitrogen and oxygen atoms in total. The second-order valence-corrected chi connectivity index (χ2v) is 8.86. The molecule has 0 aromatic carbocycles. The van der Waals surface area contributed by atoms with Gasteiger partial charge < -0.3 is 11.1 Å². The van der Waals surface area contributed by atoms with E-state index in [0.29, 0.717) is 0 Å². The number of nitrogens with one attached hydrogen (secondary N) is 1. The van der Waals surface area contributed by atoms with Gasteiger partial charge >= 0.3 is 0 Å². The second-order valence-electron chi connectivity index (χ2n) is 5.95. The van der Waals surface area contributed by atoms with Gasteiger partial charge in [0.15, 0.2) is 0 Å². The van der Waals surface area contributed by atoms with Crippen molar-refractivity contribution in [2.45, 2.75) is 25.9 Å². The van der Waals surface area contributed by atoms with Gasteiger partial charge in [-0.25, -0.2) is 0 Å². The van der Waals surface area contributed by atoms with Crippen molar-refractivity contribution in [1.29, 1.82) is 0 Å². The number of rotatable bonds is 6. The van der Waals surface area contributed by atoms with E-state index in [-0.39, 0.29) is 6.04 Å². The van der Waals surface area contributed by atoms with Gasteiger partial charge in [-0.2, -0.15) is 4.37 Å². The molecule has 4 heterocycles. The van der Waals surface area contributed by atoms with E-state index in [2.05, 4.69) is 33.9 Å². The maximum atomic E-state index is 6.08. The van der Waals surface area contributed by atoms with Crippen LogP contribution in [0.3, 0.4) is 0 Å². The number of nitrogens with zero attached hydrogens (tertiary/aromatic N) is 2. The Morgan fingerprint density at radius 1 is 1.28 bits per heavy atom. The molecule has 0 radical (unpaired) electrons. The fourth-order valence-electron chi connectivity index (χ4n) is 2.78. The van der Waals surface area contributed by atoms with E-state index in [0.717, 1.165) is 29.0 Å². The summed E-state index contributed by atoms with van der Waals surface area (Å²) in [4.78, 5) is 6.88. The fraction of sp³-hybridized carbons (Fsp3) is 0.222. The SMILES string of the molecule is C[C@H](N)Cc1sc2c(NCc3cccs3)snc2c1-c1cccnc1. The molecule has 0 unspecified atom stereocenters. The molecular weight excluding hydrogens is 368 g/mol. The van der Waals surface area contributed by atoms with E-state index in [9.17, 15) is 0 Å². The minimum atomic E-state index is 0.115. The molecule has 128 valence electrons. The van der Waals surface area contributed by atoms with Crippen LogP contribution in [0.1, 0.15) is 16.7 Å². The van der Waals surface area contributed by atoms with E-state index in [1.54, 1.807) is 28.9 Å². The monoisotopic (exact) mass is 386 g/mol. The summed E-state index contributed by atoms with van der Waals surface area (Å²) in [6.07, 6.45) is 4.55. The van der Waals surface area contributed by atoms with Crippen molar-refractivity contribution >= 4 is 49.4 Å². The van der Waals surface area contributed by atoms with Gasteiger partial charge in [0.05, 0.1) is 11.2 Å². The maximum Gasteiger partial charge on any atom is 0.127 e. The quantitative estimate of drug-likeness (QED) is 0.490. The first-order valence-corrected chi connectivity index (χ1v) is 10.5. The lowest BCUT2D eigenvalue weighted by Gasteiger charge is -2.06. The third-order valence-electron chi connectivity index (χ3n) is 3.85. The first-order valence-electron chi connectivity index (χ1n) is 8.05. The predicted octanol–water partition coefficient (Wildman–Crippen LogP) is 4.98. The van der Waals surface area contributed by atoms with Crippen LogP contribution in [0.2, 0.25) is 0 Å². The molecule has 7 heteroatoms. The van der Waals surface area contributed by atoms with E-state index in [1.165, 1.54) is 31.6 Å². The molecule has 4 rings (SSSR count). The number of hydrogen-bond donors (Lipinski definition) is 2. The van der Waals surface area contributed by atoms with Gasteiger partial charge in [0.25, 0.3) is 0 Å². The zero-order valence-corrected chi connectivity index (χ0v) is 16.2. The number of nitrogens with two attached hydrogens (primary N) is 1. The highest BCUT2D eigenvalue weighted by Gasteiger charge is 2.20. The highest BCUT2D eigenvalue weighted by atomic mass is 32.1. The number of fused-ring (bicyclic) bond motifs is 1. The highest BCUT2D eigenvalue weighted by molar-refractivity contribution is 7.25. The Labute approximate surface area is 158 Å². The van der Waals surface area contributed by atoms with Gasteiger partial charge in [-0.05, 0) is 42.4 Å². The molecule has 4 aromatic rings. The zero-order valence-electron chi connectivity index (χ0n) is 13.7. The van der Waals surface area contributed by atoms with Crippen LogP contribution in [0.4, 0.5) is 5.00 Å². The molecule has 0 aliphatic carbocycles. The van der Waals surface area contributed by atoms with Gasteiger partial charge in [0.1, 0.15) is 10.5 Å². The van der Waals surface area contributed by atoms with Crippen molar-refractivity contribution in [1.82, 2.24) is 9.36 Å². The largest absolute Gasteiger partial charge is 0.370 e. The van der Waals surface area contributed by atoms with Crippen molar-refractivity contribution in [3.05, 3.63) is 51.8 Å². The zero-order chi connectivity index (χ0) is 17.2.